The molecule has 1 aromatic heterocycles. The maximum atomic E-state index is 8.81. The van der Waals surface area contributed by atoms with Crippen molar-refractivity contribution in [2.24, 2.45) is 0 Å². The van der Waals surface area contributed by atoms with Crippen molar-refractivity contribution in [3.8, 4) is 11.8 Å². The molecule has 0 bridgehead atoms. The summed E-state index contributed by atoms with van der Waals surface area (Å²) in [5.74, 6) is 2.66. The normalized spacial score (nSPS) is 17.6. The SMILES string of the molecule is Cc1nc(C)n(C[C@@H]2CCCN2CCCOc2ccc(C#N)cc2)n1. The Kier molecular flexibility index (Phi) is 5.67. The summed E-state index contributed by atoms with van der Waals surface area (Å²) in [4.78, 5) is 6.93. The lowest BCUT2D eigenvalue weighted by atomic mass is 10.2. The van der Waals surface area contributed by atoms with Gasteiger partial charge in [-0.05, 0) is 63.9 Å². The monoisotopic (exact) mass is 339 g/mol. The fourth-order valence-corrected chi connectivity index (χ4v) is 3.41. The van der Waals surface area contributed by atoms with Gasteiger partial charge in [-0.2, -0.15) is 10.4 Å². The molecule has 1 aliphatic rings. The molecule has 2 aromatic rings. The number of hydrogen-bond donors (Lipinski definition) is 0. The van der Waals surface area contributed by atoms with Gasteiger partial charge in [-0.3, -0.25) is 4.90 Å². The van der Waals surface area contributed by atoms with Gasteiger partial charge in [0, 0.05) is 12.6 Å². The minimum atomic E-state index is 0.537. The first-order chi connectivity index (χ1) is 12.2. The Morgan fingerprint density at radius 1 is 1.28 bits per heavy atom. The van der Waals surface area contributed by atoms with Crippen LogP contribution in [0.4, 0.5) is 0 Å². The second kappa shape index (κ2) is 8.13. The molecule has 0 amide bonds. The van der Waals surface area contributed by atoms with E-state index in [1.165, 1.54) is 12.8 Å². The molecule has 0 N–H and O–H groups in total. The molecule has 1 aromatic carbocycles. The minimum Gasteiger partial charge on any atom is -0.494 e. The van der Waals surface area contributed by atoms with Gasteiger partial charge in [0.1, 0.15) is 17.4 Å². The summed E-state index contributed by atoms with van der Waals surface area (Å²) in [7, 11) is 0. The van der Waals surface area contributed by atoms with E-state index in [4.69, 9.17) is 10.00 Å². The average Bonchev–Trinajstić information content (AvgIpc) is 3.18. The van der Waals surface area contributed by atoms with Gasteiger partial charge in [0.2, 0.25) is 0 Å². The van der Waals surface area contributed by atoms with E-state index in [9.17, 15) is 0 Å². The lowest BCUT2D eigenvalue weighted by Gasteiger charge is -2.24. The Hall–Kier alpha value is -2.39. The molecule has 0 radical (unpaired) electrons. The molecule has 6 heteroatoms. The van der Waals surface area contributed by atoms with Crippen molar-refractivity contribution in [1.29, 1.82) is 5.26 Å². The van der Waals surface area contributed by atoms with E-state index >= 15 is 0 Å². The molecular weight excluding hydrogens is 314 g/mol. The van der Waals surface area contributed by atoms with Crippen molar-refractivity contribution >= 4 is 0 Å². The van der Waals surface area contributed by atoms with Gasteiger partial charge >= 0.3 is 0 Å². The van der Waals surface area contributed by atoms with E-state index < -0.39 is 0 Å². The van der Waals surface area contributed by atoms with E-state index in [1.54, 1.807) is 12.1 Å². The molecule has 0 spiro atoms. The highest BCUT2D eigenvalue weighted by atomic mass is 16.5. The van der Waals surface area contributed by atoms with Crippen LogP contribution in [0.2, 0.25) is 0 Å². The van der Waals surface area contributed by atoms with E-state index in [0.29, 0.717) is 18.2 Å². The second-order valence-electron chi connectivity index (χ2n) is 6.56. The third-order valence-corrected chi connectivity index (χ3v) is 4.69. The van der Waals surface area contributed by atoms with Crippen LogP contribution in [-0.4, -0.2) is 45.4 Å². The zero-order valence-corrected chi connectivity index (χ0v) is 15.0. The molecule has 25 heavy (non-hydrogen) atoms. The molecule has 6 nitrogen and oxygen atoms in total. The summed E-state index contributed by atoms with van der Waals surface area (Å²) in [5.41, 5.74) is 0.658. The Morgan fingerprint density at radius 2 is 2.08 bits per heavy atom. The van der Waals surface area contributed by atoms with Crippen LogP contribution in [0.5, 0.6) is 5.75 Å². The molecule has 0 saturated carbocycles. The van der Waals surface area contributed by atoms with Gasteiger partial charge in [-0.25, -0.2) is 9.67 Å². The van der Waals surface area contributed by atoms with Gasteiger partial charge < -0.3 is 4.74 Å². The van der Waals surface area contributed by atoms with Crippen LogP contribution >= 0.6 is 0 Å². The number of aryl methyl sites for hydroxylation is 2. The summed E-state index contributed by atoms with van der Waals surface area (Å²) in [5, 5.41) is 13.3. The molecule has 1 atom stereocenters. The molecule has 1 fully saturated rings. The van der Waals surface area contributed by atoms with Crippen LogP contribution in [0.25, 0.3) is 0 Å². The van der Waals surface area contributed by atoms with E-state index in [-0.39, 0.29) is 0 Å². The first kappa shape index (κ1) is 17.4. The van der Waals surface area contributed by atoms with E-state index in [2.05, 4.69) is 21.1 Å². The smallest absolute Gasteiger partial charge is 0.147 e. The number of hydrogen-bond acceptors (Lipinski definition) is 5. The zero-order chi connectivity index (χ0) is 17.6. The molecule has 0 unspecified atom stereocenters. The summed E-state index contributed by atoms with van der Waals surface area (Å²) >= 11 is 0. The van der Waals surface area contributed by atoms with Crippen molar-refractivity contribution in [3.63, 3.8) is 0 Å². The maximum absolute atomic E-state index is 8.81. The molecular formula is C19H25N5O. The fraction of sp³-hybridized carbons (Fsp3) is 0.526. The third kappa shape index (κ3) is 4.58. The topological polar surface area (TPSA) is 67.0 Å². The van der Waals surface area contributed by atoms with Gasteiger partial charge in [0.15, 0.2) is 0 Å². The van der Waals surface area contributed by atoms with Gasteiger partial charge in [0.25, 0.3) is 0 Å². The number of nitriles is 1. The Bertz CT molecular complexity index is 731. The van der Waals surface area contributed by atoms with Gasteiger partial charge in [0.05, 0.1) is 24.8 Å². The molecule has 1 saturated heterocycles. The predicted molar refractivity (Wildman–Crippen MR) is 95.4 cm³/mol. The van der Waals surface area contributed by atoms with Crippen molar-refractivity contribution < 1.29 is 4.74 Å². The minimum absolute atomic E-state index is 0.537. The molecule has 132 valence electrons. The number of nitrogens with zero attached hydrogens (tertiary/aromatic N) is 5. The molecule has 0 aliphatic carbocycles. The number of likely N-dealkylation sites (tertiary alicyclic amines) is 1. The highest BCUT2D eigenvalue weighted by Crippen LogP contribution is 2.19. The lowest BCUT2D eigenvalue weighted by Crippen LogP contribution is -2.34. The Labute approximate surface area is 149 Å². The van der Waals surface area contributed by atoms with Crippen LogP contribution < -0.4 is 4.74 Å². The largest absolute Gasteiger partial charge is 0.494 e. The quantitative estimate of drug-likeness (QED) is 0.726. The molecule has 3 rings (SSSR count). The predicted octanol–water partition coefficient (Wildman–Crippen LogP) is 2.70. The van der Waals surface area contributed by atoms with Crippen LogP contribution in [0.15, 0.2) is 24.3 Å². The van der Waals surface area contributed by atoms with Crippen LogP contribution in [0, 0.1) is 25.2 Å². The summed E-state index contributed by atoms with van der Waals surface area (Å²) < 4.78 is 7.81. The van der Waals surface area contributed by atoms with Gasteiger partial charge in [-0.1, -0.05) is 0 Å². The van der Waals surface area contributed by atoms with Crippen LogP contribution in [-0.2, 0) is 6.54 Å². The number of aromatic nitrogens is 3. The first-order valence-corrected chi connectivity index (χ1v) is 8.91. The standard InChI is InChI=1S/C19H25N5O/c1-15-21-16(2)24(22-15)14-18-5-3-10-23(18)11-4-12-25-19-8-6-17(13-20)7-9-19/h6-9,18H,3-5,10-12,14H2,1-2H3/t18-/m0/s1. The molecule has 2 heterocycles. The summed E-state index contributed by atoms with van der Waals surface area (Å²) in [6.45, 7) is 7.75. The van der Waals surface area contributed by atoms with Crippen LogP contribution in [0.1, 0.15) is 36.5 Å². The second-order valence-corrected chi connectivity index (χ2v) is 6.56. The first-order valence-electron chi connectivity index (χ1n) is 8.91. The van der Waals surface area contributed by atoms with E-state index in [0.717, 1.165) is 43.5 Å². The lowest BCUT2D eigenvalue weighted by molar-refractivity contribution is 0.203. The van der Waals surface area contributed by atoms with E-state index in [1.807, 2.05) is 30.7 Å². The average molecular weight is 339 g/mol. The maximum Gasteiger partial charge on any atom is 0.147 e. The highest BCUT2D eigenvalue weighted by Gasteiger charge is 2.25. The van der Waals surface area contributed by atoms with Crippen molar-refractivity contribution in [2.45, 2.75) is 45.7 Å². The van der Waals surface area contributed by atoms with Crippen molar-refractivity contribution in [1.82, 2.24) is 19.7 Å². The Balaban J connectivity index is 1.44. The number of rotatable bonds is 7. The number of ether oxygens (including phenoxy) is 1. The van der Waals surface area contributed by atoms with Crippen molar-refractivity contribution in [3.05, 3.63) is 41.5 Å². The highest BCUT2D eigenvalue weighted by molar-refractivity contribution is 5.34. The Morgan fingerprint density at radius 3 is 2.76 bits per heavy atom. The summed E-state index contributed by atoms with van der Waals surface area (Å²) in [6.07, 6.45) is 3.45. The van der Waals surface area contributed by atoms with Gasteiger partial charge in [-0.15, -0.1) is 0 Å². The third-order valence-electron chi connectivity index (χ3n) is 4.69. The van der Waals surface area contributed by atoms with Crippen LogP contribution in [0.3, 0.4) is 0 Å². The fourth-order valence-electron chi connectivity index (χ4n) is 3.41. The molecule has 1 aliphatic heterocycles. The summed E-state index contributed by atoms with van der Waals surface area (Å²) in [6, 6.07) is 9.93. The zero-order valence-electron chi connectivity index (χ0n) is 15.0. The van der Waals surface area contributed by atoms with Crippen molar-refractivity contribution in [2.75, 3.05) is 19.7 Å². The number of benzene rings is 1.